The molecule has 0 unspecified atom stereocenters. The number of nitrogens with zero attached hydrogens (tertiary/aromatic N) is 4. The third-order valence-corrected chi connectivity index (χ3v) is 4.27. The molecule has 0 aliphatic carbocycles. The van der Waals surface area contributed by atoms with Crippen molar-refractivity contribution in [2.75, 3.05) is 6.54 Å². The number of hydrogen-bond donors (Lipinski definition) is 1. The van der Waals surface area contributed by atoms with Crippen molar-refractivity contribution in [2.24, 2.45) is 0 Å². The van der Waals surface area contributed by atoms with Gasteiger partial charge in [-0.3, -0.25) is 14.7 Å². The molecule has 7 heteroatoms. The minimum Gasteiger partial charge on any atom is -0.305 e. The molecule has 1 aromatic carbocycles. The quantitative estimate of drug-likeness (QED) is 0.790. The maximum atomic E-state index is 13.0. The van der Waals surface area contributed by atoms with Crippen molar-refractivity contribution in [3.63, 3.8) is 0 Å². The zero-order valence-corrected chi connectivity index (χ0v) is 13.4. The molecule has 1 aliphatic rings. The number of aromatic nitrogens is 4. The Bertz CT molecular complexity index is 940. The van der Waals surface area contributed by atoms with Crippen molar-refractivity contribution in [2.45, 2.75) is 19.5 Å². The van der Waals surface area contributed by atoms with Crippen LogP contribution in [0.2, 0.25) is 0 Å². The Balaban J connectivity index is 1.57. The summed E-state index contributed by atoms with van der Waals surface area (Å²) in [6.45, 7) is 1.99. The van der Waals surface area contributed by atoms with Crippen LogP contribution in [0, 0.1) is 5.82 Å². The Kier molecular flexibility index (Phi) is 4.07. The van der Waals surface area contributed by atoms with Gasteiger partial charge in [0.15, 0.2) is 5.82 Å². The maximum Gasteiger partial charge on any atom is 0.255 e. The van der Waals surface area contributed by atoms with Crippen molar-refractivity contribution in [1.29, 1.82) is 0 Å². The fraction of sp³-hybridized carbons (Fsp3) is 0.222. The number of fused-ring (bicyclic) bond motifs is 1. The number of rotatable bonds is 3. The maximum absolute atomic E-state index is 13.0. The van der Waals surface area contributed by atoms with E-state index >= 15 is 0 Å². The van der Waals surface area contributed by atoms with E-state index in [4.69, 9.17) is 0 Å². The molecule has 1 aliphatic heterocycles. The molecule has 0 amide bonds. The number of nitrogens with one attached hydrogen (secondary N) is 1. The Morgan fingerprint density at radius 3 is 2.80 bits per heavy atom. The van der Waals surface area contributed by atoms with E-state index in [0.717, 1.165) is 17.8 Å². The van der Waals surface area contributed by atoms with E-state index in [9.17, 15) is 9.18 Å². The van der Waals surface area contributed by atoms with Gasteiger partial charge in [0.25, 0.3) is 5.56 Å². The summed E-state index contributed by atoms with van der Waals surface area (Å²) in [5.74, 6) is 0.203. The van der Waals surface area contributed by atoms with E-state index in [1.54, 1.807) is 30.7 Å². The summed E-state index contributed by atoms with van der Waals surface area (Å²) in [7, 11) is 0. The predicted octanol–water partition coefficient (Wildman–Crippen LogP) is 1.92. The Hall–Kier alpha value is -2.93. The second-order valence-corrected chi connectivity index (χ2v) is 6.02. The highest BCUT2D eigenvalue weighted by Gasteiger charge is 2.21. The molecule has 0 bridgehead atoms. The molecule has 6 nitrogen and oxygen atoms in total. The lowest BCUT2D eigenvalue weighted by molar-refractivity contribution is 0.242. The molecule has 3 heterocycles. The Labute approximate surface area is 143 Å². The second-order valence-electron chi connectivity index (χ2n) is 6.02. The molecule has 3 aromatic rings. The third-order valence-electron chi connectivity index (χ3n) is 4.27. The average Bonchev–Trinajstić information content (AvgIpc) is 2.65. The molecule has 0 saturated carbocycles. The molecule has 4 rings (SSSR count). The van der Waals surface area contributed by atoms with E-state index in [2.05, 4.69) is 24.8 Å². The Morgan fingerprint density at radius 2 is 2.04 bits per heavy atom. The van der Waals surface area contributed by atoms with Gasteiger partial charge in [-0.25, -0.2) is 14.4 Å². The highest BCUT2D eigenvalue weighted by atomic mass is 19.1. The van der Waals surface area contributed by atoms with Crippen LogP contribution in [0.3, 0.4) is 0 Å². The van der Waals surface area contributed by atoms with Crippen LogP contribution in [0.4, 0.5) is 4.39 Å². The zero-order chi connectivity index (χ0) is 17.2. The van der Waals surface area contributed by atoms with Gasteiger partial charge in [-0.15, -0.1) is 0 Å². The summed E-state index contributed by atoms with van der Waals surface area (Å²) in [6.07, 6.45) is 5.41. The molecule has 1 N–H and O–H groups in total. The summed E-state index contributed by atoms with van der Waals surface area (Å²) in [4.78, 5) is 30.2. The van der Waals surface area contributed by atoms with Crippen LogP contribution < -0.4 is 5.56 Å². The van der Waals surface area contributed by atoms with Crippen molar-refractivity contribution in [3.05, 3.63) is 75.8 Å². The van der Waals surface area contributed by atoms with E-state index in [-0.39, 0.29) is 11.4 Å². The molecule has 0 fully saturated rings. The van der Waals surface area contributed by atoms with Crippen LogP contribution in [-0.2, 0) is 19.5 Å². The van der Waals surface area contributed by atoms with Gasteiger partial charge in [0, 0.05) is 38.4 Å². The minimum atomic E-state index is -0.245. The van der Waals surface area contributed by atoms with Crippen LogP contribution >= 0.6 is 0 Å². The lowest BCUT2D eigenvalue weighted by atomic mass is 10.1. The normalized spacial score (nSPS) is 14.3. The first-order valence-corrected chi connectivity index (χ1v) is 8.04. The van der Waals surface area contributed by atoms with Crippen LogP contribution in [0.25, 0.3) is 11.5 Å². The monoisotopic (exact) mass is 337 g/mol. The van der Waals surface area contributed by atoms with Crippen LogP contribution in [-0.4, -0.2) is 31.4 Å². The van der Waals surface area contributed by atoms with Gasteiger partial charge in [0.05, 0.1) is 17.5 Å². The van der Waals surface area contributed by atoms with Crippen molar-refractivity contribution < 1.29 is 4.39 Å². The number of halogens is 1. The topological polar surface area (TPSA) is 74.8 Å². The predicted molar refractivity (Wildman–Crippen MR) is 90.1 cm³/mol. The summed E-state index contributed by atoms with van der Waals surface area (Å²) in [6, 6.07) is 6.44. The smallest absolute Gasteiger partial charge is 0.255 e. The molecule has 0 saturated heterocycles. The van der Waals surface area contributed by atoms with Gasteiger partial charge in [-0.1, -0.05) is 12.1 Å². The average molecular weight is 337 g/mol. The van der Waals surface area contributed by atoms with Gasteiger partial charge >= 0.3 is 0 Å². The van der Waals surface area contributed by atoms with Gasteiger partial charge in [0.1, 0.15) is 11.5 Å². The fourth-order valence-corrected chi connectivity index (χ4v) is 3.01. The molecule has 0 radical (unpaired) electrons. The first-order valence-electron chi connectivity index (χ1n) is 8.04. The second kappa shape index (κ2) is 6.52. The van der Waals surface area contributed by atoms with Gasteiger partial charge in [0.2, 0.25) is 0 Å². The molecular weight excluding hydrogens is 321 g/mol. The van der Waals surface area contributed by atoms with Crippen LogP contribution in [0.1, 0.15) is 16.8 Å². The third kappa shape index (κ3) is 3.32. The van der Waals surface area contributed by atoms with Gasteiger partial charge in [-0.05, 0) is 17.7 Å². The summed E-state index contributed by atoms with van der Waals surface area (Å²) < 4.78 is 13.0. The van der Waals surface area contributed by atoms with E-state index in [0.29, 0.717) is 36.6 Å². The van der Waals surface area contributed by atoms with Crippen molar-refractivity contribution >= 4 is 0 Å². The SMILES string of the molecule is O=c1[nH]c(-c2cnccn2)nc2c1CN(Cc1ccc(F)cc1)CC2. The van der Waals surface area contributed by atoms with Crippen LogP contribution in [0.5, 0.6) is 0 Å². The summed E-state index contributed by atoms with van der Waals surface area (Å²) >= 11 is 0. The number of benzene rings is 1. The van der Waals surface area contributed by atoms with E-state index in [1.807, 2.05) is 0 Å². The molecule has 25 heavy (non-hydrogen) atoms. The fourth-order valence-electron chi connectivity index (χ4n) is 3.01. The van der Waals surface area contributed by atoms with E-state index < -0.39 is 0 Å². The number of aromatic amines is 1. The molecule has 126 valence electrons. The number of H-pyrrole nitrogens is 1. The summed E-state index contributed by atoms with van der Waals surface area (Å²) in [5.41, 5.74) is 2.91. The largest absolute Gasteiger partial charge is 0.305 e. The standard InChI is InChI=1S/C18H16FN5O/c19-13-3-1-12(2-4-13)10-24-8-5-15-14(11-24)18(25)23-17(22-15)16-9-20-6-7-21-16/h1-4,6-7,9H,5,8,10-11H2,(H,22,23,25). The van der Waals surface area contributed by atoms with Gasteiger partial charge < -0.3 is 4.98 Å². The van der Waals surface area contributed by atoms with Gasteiger partial charge in [-0.2, -0.15) is 0 Å². The molecular formula is C18H16FN5O. The molecule has 0 atom stereocenters. The minimum absolute atomic E-state index is 0.144. The number of hydrogen-bond acceptors (Lipinski definition) is 5. The lowest BCUT2D eigenvalue weighted by Crippen LogP contribution is -2.35. The zero-order valence-electron chi connectivity index (χ0n) is 13.4. The Morgan fingerprint density at radius 1 is 1.20 bits per heavy atom. The first kappa shape index (κ1) is 15.6. The lowest BCUT2D eigenvalue weighted by Gasteiger charge is -2.27. The molecule has 2 aromatic heterocycles. The first-order chi connectivity index (χ1) is 12.2. The highest BCUT2D eigenvalue weighted by Crippen LogP contribution is 2.18. The molecule has 0 spiro atoms. The van der Waals surface area contributed by atoms with Crippen molar-refractivity contribution in [1.82, 2.24) is 24.8 Å². The highest BCUT2D eigenvalue weighted by molar-refractivity contribution is 5.47. The summed E-state index contributed by atoms with van der Waals surface area (Å²) in [5, 5.41) is 0. The van der Waals surface area contributed by atoms with Crippen molar-refractivity contribution in [3.8, 4) is 11.5 Å². The van der Waals surface area contributed by atoms with E-state index in [1.165, 1.54) is 12.1 Å². The van der Waals surface area contributed by atoms with Crippen LogP contribution in [0.15, 0.2) is 47.7 Å².